The van der Waals surface area contributed by atoms with E-state index in [1.54, 1.807) is 7.11 Å². The fourth-order valence-electron chi connectivity index (χ4n) is 5.91. The average Bonchev–Trinajstić information content (AvgIpc) is 3.55. The molecule has 1 aliphatic heterocycles. The molecule has 7 heteroatoms. The van der Waals surface area contributed by atoms with Gasteiger partial charge in [0.2, 0.25) is 5.95 Å². The fraction of sp³-hybridized carbons (Fsp3) is 0.419. The molecule has 1 unspecified atom stereocenters. The highest BCUT2D eigenvalue weighted by molar-refractivity contribution is 5.79. The summed E-state index contributed by atoms with van der Waals surface area (Å²) in [6, 6.07) is 15.4. The first kappa shape index (κ1) is 24.7. The van der Waals surface area contributed by atoms with Crippen LogP contribution in [-0.2, 0) is 12.8 Å². The first-order chi connectivity index (χ1) is 18.6. The van der Waals surface area contributed by atoms with E-state index in [1.807, 2.05) is 50.5 Å². The molecular weight excluding hydrogens is 474 g/mol. The van der Waals surface area contributed by atoms with Gasteiger partial charge in [0.25, 0.3) is 0 Å². The van der Waals surface area contributed by atoms with Gasteiger partial charge in [0.05, 0.1) is 18.9 Å². The number of methoxy groups -OCH3 is 1. The van der Waals surface area contributed by atoms with Crippen LogP contribution < -0.4 is 14.8 Å². The number of nitrogens with one attached hydrogen (secondary N) is 1. The standard InChI is InChI=1S/C31H37N5O2/c1-21(2)38-29-19-27(37-3)12-13-28(29)36-17-14-24-20-32-31(34-30(24)36)33-25-9-6-22-7-10-26(11-8-23(22)18-25)35-15-4-5-16-35/h6,9,12-14,17-21,26H,4-5,7-8,10-11,15-16H2,1-3H3,(H,32,33,34). The lowest BCUT2D eigenvalue weighted by molar-refractivity contribution is 0.222. The second kappa shape index (κ2) is 10.7. The minimum Gasteiger partial charge on any atom is -0.497 e. The lowest BCUT2D eigenvalue weighted by Gasteiger charge is -2.25. The molecule has 38 heavy (non-hydrogen) atoms. The monoisotopic (exact) mass is 511 g/mol. The van der Waals surface area contributed by atoms with Crippen LogP contribution >= 0.6 is 0 Å². The third-order valence-electron chi connectivity index (χ3n) is 7.83. The van der Waals surface area contributed by atoms with E-state index in [-0.39, 0.29) is 6.10 Å². The molecule has 1 N–H and O–H groups in total. The number of nitrogens with zero attached hydrogens (tertiary/aromatic N) is 4. The van der Waals surface area contributed by atoms with Crippen molar-refractivity contribution in [3.63, 3.8) is 0 Å². The van der Waals surface area contributed by atoms with Gasteiger partial charge >= 0.3 is 0 Å². The van der Waals surface area contributed by atoms with Gasteiger partial charge in [0.1, 0.15) is 17.1 Å². The summed E-state index contributed by atoms with van der Waals surface area (Å²) >= 11 is 0. The minimum absolute atomic E-state index is 0.0355. The topological polar surface area (TPSA) is 64.4 Å². The lowest BCUT2D eigenvalue weighted by atomic mass is 10.0. The van der Waals surface area contributed by atoms with Gasteiger partial charge in [0, 0.05) is 35.6 Å². The molecule has 0 bridgehead atoms. The number of ether oxygens (including phenoxy) is 2. The Morgan fingerprint density at radius 1 is 0.974 bits per heavy atom. The summed E-state index contributed by atoms with van der Waals surface area (Å²) in [5.41, 5.74) is 5.71. The summed E-state index contributed by atoms with van der Waals surface area (Å²) < 4.78 is 13.6. The maximum absolute atomic E-state index is 6.13. The van der Waals surface area contributed by atoms with Crippen LogP contribution in [0.1, 0.15) is 50.7 Å². The van der Waals surface area contributed by atoms with Gasteiger partial charge in [-0.1, -0.05) is 6.07 Å². The molecule has 7 nitrogen and oxygen atoms in total. The van der Waals surface area contributed by atoms with Crippen molar-refractivity contribution >= 4 is 22.7 Å². The summed E-state index contributed by atoms with van der Waals surface area (Å²) in [4.78, 5) is 12.2. The zero-order chi connectivity index (χ0) is 26.1. The summed E-state index contributed by atoms with van der Waals surface area (Å²) in [6.07, 6.45) is 11.4. The molecule has 0 radical (unpaired) electrons. The summed E-state index contributed by atoms with van der Waals surface area (Å²) in [5, 5.41) is 4.44. The van der Waals surface area contributed by atoms with Crippen molar-refractivity contribution in [2.75, 3.05) is 25.5 Å². The van der Waals surface area contributed by atoms with Crippen LogP contribution in [0.15, 0.2) is 54.9 Å². The number of hydrogen-bond acceptors (Lipinski definition) is 6. The van der Waals surface area contributed by atoms with Crippen LogP contribution in [0.25, 0.3) is 16.7 Å². The molecule has 2 aromatic carbocycles. The number of fused-ring (bicyclic) bond motifs is 2. The molecule has 1 aliphatic carbocycles. The second-order valence-corrected chi connectivity index (χ2v) is 10.7. The Balaban J connectivity index is 1.25. The molecule has 6 rings (SSSR count). The molecule has 1 saturated heterocycles. The Hall–Kier alpha value is -3.58. The fourth-order valence-corrected chi connectivity index (χ4v) is 5.91. The number of rotatable bonds is 7. The van der Waals surface area contributed by atoms with E-state index in [4.69, 9.17) is 14.5 Å². The van der Waals surface area contributed by atoms with Crippen molar-refractivity contribution in [1.82, 2.24) is 19.4 Å². The normalized spacial score (nSPS) is 17.9. The third kappa shape index (κ3) is 5.07. The van der Waals surface area contributed by atoms with Crippen molar-refractivity contribution in [2.24, 2.45) is 0 Å². The highest BCUT2D eigenvalue weighted by Gasteiger charge is 2.24. The van der Waals surface area contributed by atoms with Crippen LogP contribution in [0.2, 0.25) is 0 Å². The summed E-state index contributed by atoms with van der Waals surface area (Å²) in [7, 11) is 1.67. The Morgan fingerprint density at radius 3 is 2.58 bits per heavy atom. The van der Waals surface area contributed by atoms with Gasteiger partial charge in [-0.3, -0.25) is 4.57 Å². The van der Waals surface area contributed by atoms with Crippen LogP contribution in [0.5, 0.6) is 11.5 Å². The van der Waals surface area contributed by atoms with Crippen molar-refractivity contribution in [3.8, 4) is 17.2 Å². The van der Waals surface area contributed by atoms with Gasteiger partial charge in [-0.15, -0.1) is 0 Å². The van der Waals surface area contributed by atoms with Gasteiger partial charge in [-0.2, -0.15) is 4.98 Å². The number of anilines is 2. The van der Waals surface area contributed by atoms with E-state index in [1.165, 1.54) is 49.9 Å². The molecule has 0 saturated carbocycles. The molecule has 1 fully saturated rings. The highest BCUT2D eigenvalue weighted by atomic mass is 16.5. The minimum atomic E-state index is 0.0355. The highest BCUT2D eigenvalue weighted by Crippen LogP contribution is 2.32. The number of hydrogen-bond donors (Lipinski definition) is 1. The van der Waals surface area contributed by atoms with E-state index < -0.39 is 0 Å². The van der Waals surface area contributed by atoms with Gasteiger partial charge in [0.15, 0.2) is 0 Å². The SMILES string of the molecule is COc1ccc(-n2ccc3cnc(Nc4ccc5c(c4)CCC(N4CCCC4)CC5)nc32)c(OC(C)C)c1. The zero-order valence-electron chi connectivity index (χ0n) is 22.6. The van der Waals surface area contributed by atoms with Crippen molar-refractivity contribution in [1.29, 1.82) is 0 Å². The van der Waals surface area contributed by atoms with E-state index in [0.717, 1.165) is 52.8 Å². The van der Waals surface area contributed by atoms with Crippen LogP contribution in [0.4, 0.5) is 11.6 Å². The first-order valence-corrected chi connectivity index (χ1v) is 13.9. The van der Waals surface area contributed by atoms with Crippen LogP contribution in [0.3, 0.4) is 0 Å². The molecule has 0 amide bonds. The molecule has 0 spiro atoms. The third-order valence-corrected chi connectivity index (χ3v) is 7.83. The van der Waals surface area contributed by atoms with Gasteiger partial charge in [-0.05, 0) is 107 Å². The Kier molecular flexibility index (Phi) is 6.94. The predicted octanol–water partition coefficient (Wildman–Crippen LogP) is 6.30. The van der Waals surface area contributed by atoms with Crippen LogP contribution in [0, 0.1) is 0 Å². The van der Waals surface area contributed by atoms with Crippen molar-refractivity contribution < 1.29 is 9.47 Å². The van der Waals surface area contributed by atoms with Crippen molar-refractivity contribution in [3.05, 3.63) is 66.0 Å². The molecule has 4 aromatic rings. The molecule has 2 aromatic heterocycles. The van der Waals surface area contributed by atoms with Gasteiger partial charge in [-0.25, -0.2) is 4.98 Å². The Labute approximate surface area is 224 Å². The Bertz CT molecular complexity index is 1420. The molecule has 1 atom stereocenters. The summed E-state index contributed by atoms with van der Waals surface area (Å²) in [6.45, 7) is 6.59. The molecular formula is C31H37N5O2. The maximum Gasteiger partial charge on any atom is 0.229 e. The number of aromatic nitrogens is 3. The molecule has 2 aliphatic rings. The second-order valence-electron chi connectivity index (χ2n) is 10.7. The largest absolute Gasteiger partial charge is 0.497 e. The van der Waals surface area contributed by atoms with E-state index in [9.17, 15) is 0 Å². The van der Waals surface area contributed by atoms with E-state index in [2.05, 4.69) is 38.0 Å². The zero-order valence-corrected chi connectivity index (χ0v) is 22.6. The number of benzene rings is 2. The maximum atomic E-state index is 6.13. The first-order valence-electron chi connectivity index (χ1n) is 13.9. The van der Waals surface area contributed by atoms with Gasteiger partial charge < -0.3 is 19.7 Å². The van der Waals surface area contributed by atoms with Crippen LogP contribution in [-0.4, -0.2) is 51.8 Å². The van der Waals surface area contributed by atoms with E-state index in [0.29, 0.717) is 5.95 Å². The quantitative estimate of drug-likeness (QED) is 0.294. The smallest absolute Gasteiger partial charge is 0.229 e. The number of aryl methyl sites for hydroxylation is 2. The average molecular weight is 512 g/mol. The predicted molar refractivity (Wildman–Crippen MR) is 152 cm³/mol. The van der Waals surface area contributed by atoms with Crippen molar-refractivity contribution in [2.45, 2.75) is 64.5 Å². The molecule has 198 valence electrons. The lowest BCUT2D eigenvalue weighted by Crippen LogP contribution is -2.32. The number of likely N-dealkylation sites (tertiary alicyclic amines) is 1. The Morgan fingerprint density at radius 2 is 1.79 bits per heavy atom. The van der Waals surface area contributed by atoms with E-state index >= 15 is 0 Å². The molecule has 3 heterocycles. The summed E-state index contributed by atoms with van der Waals surface area (Å²) in [5.74, 6) is 2.09.